The molecule has 0 aliphatic heterocycles. The van der Waals surface area contributed by atoms with Gasteiger partial charge in [0.05, 0.1) is 6.04 Å². The van der Waals surface area contributed by atoms with Crippen LogP contribution in [0.25, 0.3) is 0 Å². The van der Waals surface area contributed by atoms with Crippen LogP contribution in [0.3, 0.4) is 0 Å². The number of nitrogens with zero attached hydrogens (tertiary/aromatic N) is 1. The second-order valence-corrected chi connectivity index (χ2v) is 6.09. The highest BCUT2D eigenvalue weighted by Crippen LogP contribution is 2.21. The van der Waals surface area contributed by atoms with Crippen molar-refractivity contribution < 1.29 is 4.79 Å². The highest BCUT2D eigenvalue weighted by atomic mass is 79.9. The number of hydrogen-bond acceptors (Lipinski definition) is 2. The Balaban J connectivity index is 2.25. The Morgan fingerprint density at radius 1 is 1.19 bits per heavy atom. The summed E-state index contributed by atoms with van der Waals surface area (Å²) in [6.45, 7) is 6.91. The van der Waals surface area contributed by atoms with E-state index >= 15 is 0 Å². The molecule has 2 rings (SSSR count). The summed E-state index contributed by atoms with van der Waals surface area (Å²) in [6.07, 6.45) is 0. The molecule has 1 atom stereocenters. The fraction of sp³-hybridized carbons (Fsp3) is 0.278. The van der Waals surface area contributed by atoms with Crippen LogP contribution in [0.1, 0.15) is 29.8 Å². The Hall–Kier alpha value is -1.61. The van der Waals surface area contributed by atoms with Crippen molar-refractivity contribution in [3.63, 3.8) is 0 Å². The first kappa shape index (κ1) is 15.8. The van der Waals surface area contributed by atoms with Crippen molar-refractivity contribution in [1.29, 1.82) is 0 Å². The van der Waals surface area contributed by atoms with Gasteiger partial charge in [0.1, 0.15) is 0 Å². The second kappa shape index (κ2) is 6.90. The van der Waals surface area contributed by atoms with Crippen LogP contribution in [0.15, 0.2) is 53.0 Å². The summed E-state index contributed by atoms with van der Waals surface area (Å²) in [4.78, 5) is 14.8. The van der Waals surface area contributed by atoms with Crippen molar-refractivity contribution in [1.82, 2.24) is 0 Å². The summed E-state index contributed by atoms with van der Waals surface area (Å²) in [5.74, 6) is 0.144. The topological polar surface area (TPSA) is 20.3 Å². The maximum absolute atomic E-state index is 12.7. The van der Waals surface area contributed by atoms with Gasteiger partial charge in [0.15, 0.2) is 5.78 Å². The molecule has 0 aliphatic carbocycles. The van der Waals surface area contributed by atoms with Crippen molar-refractivity contribution in [3.8, 4) is 0 Å². The lowest BCUT2D eigenvalue weighted by molar-refractivity contribution is 0.0964. The van der Waals surface area contributed by atoms with Crippen LogP contribution in [-0.2, 0) is 0 Å². The number of aryl methyl sites for hydroxylation is 1. The Bertz CT molecular complexity index is 621. The molecule has 0 radical (unpaired) electrons. The number of hydrogen-bond donors (Lipinski definition) is 0. The average molecular weight is 346 g/mol. The molecular weight excluding hydrogens is 326 g/mol. The molecule has 1 unspecified atom stereocenters. The molecule has 0 saturated heterocycles. The molecule has 0 saturated carbocycles. The van der Waals surface area contributed by atoms with Crippen LogP contribution in [0, 0.1) is 6.92 Å². The predicted molar refractivity (Wildman–Crippen MR) is 92.1 cm³/mol. The number of halogens is 1. The summed E-state index contributed by atoms with van der Waals surface area (Å²) >= 11 is 3.40. The lowest BCUT2D eigenvalue weighted by atomic mass is 10.0. The summed E-state index contributed by atoms with van der Waals surface area (Å²) in [6, 6.07) is 15.6. The van der Waals surface area contributed by atoms with Gasteiger partial charge in [-0.15, -0.1) is 0 Å². The van der Waals surface area contributed by atoms with E-state index in [1.54, 1.807) is 0 Å². The number of rotatable bonds is 5. The number of Topliss-reactive ketones (excluding diaryl/α,β-unsaturated/α-hetero) is 1. The van der Waals surface area contributed by atoms with Gasteiger partial charge in [0.2, 0.25) is 0 Å². The highest BCUT2D eigenvalue weighted by Gasteiger charge is 2.21. The van der Waals surface area contributed by atoms with Crippen LogP contribution in [0.5, 0.6) is 0 Å². The molecule has 0 aromatic heterocycles. The van der Waals surface area contributed by atoms with Gasteiger partial charge in [-0.3, -0.25) is 4.79 Å². The Kier molecular flexibility index (Phi) is 5.18. The lowest BCUT2D eigenvalue weighted by Crippen LogP contribution is -2.39. The minimum Gasteiger partial charge on any atom is -0.362 e. The number of carbonyl (C=O) groups is 1. The molecule has 2 aromatic rings. The Labute approximate surface area is 134 Å². The van der Waals surface area contributed by atoms with Crippen molar-refractivity contribution in [3.05, 3.63) is 64.1 Å². The quantitative estimate of drug-likeness (QED) is 0.721. The van der Waals surface area contributed by atoms with E-state index in [0.717, 1.165) is 22.3 Å². The van der Waals surface area contributed by atoms with Crippen molar-refractivity contribution >= 4 is 27.4 Å². The van der Waals surface area contributed by atoms with Gasteiger partial charge >= 0.3 is 0 Å². The molecule has 0 aliphatic rings. The summed E-state index contributed by atoms with van der Waals surface area (Å²) < 4.78 is 0.984. The SMILES string of the molecule is CCN(c1cccc(C)c1)C(C)C(=O)c1ccc(Br)cc1. The number of ketones is 1. The van der Waals surface area contributed by atoms with E-state index < -0.39 is 0 Å². The molecule has 2 aromatic carbocycles. The molecule has 21 heavy (non-hydrogen) atoms. The van der Waals surface area contributed by atoms with Crippen LogP contribution in [0.4, 0.5) is 5.69 Å². The second-order valence-electron chi connectivity index (χ2n) is 5.17. The third-order valence-electron chi connectivity index (χ3n) is 3.65. The van der Waals surface area contributed by atoms with Gasteiger partial charge in [0, 0.05) is 22.3 Å². The molecule has 2 nitrogen and oxygen atoms in total. The lowest BCUT2D eigenvalue weighted by Gasteiger charge is -2.29. The predicted octanol–water partition coefficient (Wildman–Crippen LogP) is 4.86. The first-order chi connectivity index (χ1) is 10.0. The van der Waals surface area contributed by atoms with Gasteiger partial charge in [-0.05, 0) is 50.6 Å². The van der Waals surface area contributed by atoms with E-state index in [-0.39, 0.29) is 11.8 Å². The molecule has 0 heterocycles. The number of anilines is 1. The summed E-state index contributed by atoms with van der Waals surface area (Å²) in [5, 5.41) is 0. The van der Waals surface area contributed by atoms with E-state index in [2.05, 4.69) is 52.9 Å². The van der Waals surface area contributed by atoms with E-state index in [1.807, 2.05) is 37.3 Å². The third kappa shape index (κ3) is 3.73. The highest BCUT2D eigenvalue weighted by molar-refractivity contribution is 9.10. The standard InChI is InChI=1S/C18H20BrNO/c1-4-20(17-7-5-6-13(2)12-17)14(3)18(21)15-8-10-16(19)11-9-15/h5-12,14H,4H2,1-3H3. The molecule has 0 fully saturated rings. The van der Waals surface area contributed by atoms with E-state index in [4.69, 9.17) is 0 Å². The summed E-state index contributed by atoms with van der Waals surface area (Å²) in [7, 11) is 0. The molecule has 110 valence electrons. The summed E-state index contributed by atoms with van der Waals surface area (Å²) in [5.41, 5.74) is 3.04. The van der Waals surface area contributed by atoms with Gasteiger partial charge in [0.25, 0.3) is 0 Å². The molecule has 0 spiro atoms. The largest absolute Gasteiger partial charge is 0.362 e. The van der Waals surface area contributed by atoms with Gasteiger partial charge in [-0.2, -0.15) is 0 Å². The smallest absolute Gasteiger partial charge is 0.184 e. The molecule has 0 bridgehead atoms. The zero-order valence-corrected chi connectivity index (χ0v) is 14.2. The molecule has 0 amide bonds. The molecular formula is C18H20BrNO. The van der Waals surface area contributed by atoms with Gasteiger partial charge in [-0.1, -0.05) is 40.2 Å². The van der Waals surface area contributed by atoms with Crippen LogP contribution in [-0.4, -0.2) is 18.4 Å². The van der Waals surface area contributed by atoms with Crippen molar-refractivity contribution in [2.24, 2.45) is 0 Å². The maximum Gasteiger partial charge on any atom is 0.184 e. The number of likely N-dealkylation sites (N-methyl/N-ethyl adjacent to an activating group) is 1. The van der Waals surface area contributed by atoms with Gasteiger partial charge < -0.3 is 4.90 Å². The maximum atomic E-state index is 12.7. The van der Waals surface area contributed by atoms with E-state index in [0.29, 0.717) is 0 Å². The monoisotopic (exact) mass is 345 g/mol. The van der Waals surface area contributed by atoms with Crippen LogP contribution < -0.4 is 4.90 Å². The minimum atomic E-state index is -0.182. The third-order valence-corrected chi connectivity index (χ3v) is 4.18. The molecule has 3 heteroatoms. The number of carbonyl (C=O) groups excluding carboxylic acids is 1. The number of benzene rings is 2. The van der Waals surface area contributed by atoms with E-state index in [9.17, 15) is 4.79 Å². The minimum absolute atomic E-state index is 0.144. The van der Waals surface area contributed by atoms with Crippen LogP contribution in [0.2, 0.25) is 0 Å². The van der Waals surface area contributed by atoms with E-state index in [1.165, 1.54) is 5.56 Å². The fourth-order valence-corrected chi connectivity index (χ4v) is 2.75. The Morgan fingerprint density at radius 3 is 2.43 bits per heavy atom. The Morgan fingerprint density at radius 2 is 1.86 bits per heavy atom. The van der Waals surface area contributed by atoms with Gasteiger partial charge in [-0.25, -0.2) is 0 Å². The zero-order chi connectivity index (χ0) is 15.4. The zero-order valence-electron chi connectivity index (χ0n) is 12.6. The van der Waals surface area contributed by atoms with Crippen molar-refractivity contribution in [2.45, 2.75) is 26.8 Å². The normalized spacial score (nSPS) is 12.0. The first-order valence-corrected chi connectivity index (χ1v) is 7.95. The first-order valence-electron chi connectivity index (χ1n) is 7.16. The van der Waals surface area contributed by atoms with Crippen LogP contribution >= 0.6 is 15.9 Å². The fourth-order valence-electron chi connectivity index (χ4n) is 2.48. The molecule has 0 N–H and O–H groups in total. The average Bonchev–Trinajstić information content (AvgIpc) is 2.48. The van der Waals surface area contributed by atoms with Crippen molar-refractivity contribution in [2.75, 3.05) is 11.4 Å².